The Hall–Kier alpha value is -2.07. The number of carbonyl (C=O) groups is 1. The number of rotatable bonds is 4. The Morgan fingerprint density at radius 3 is 3.05 bits per heavy atom. The maximum absolute atomic E-state index is 12.3. The average molecular weight is 317 g/mol. The van der Waals surface area contributed by atoms with Gasteiger partial charge in [-0.1, -0.05) is 23.7 Å². The lowest BCUT2D eigenvalue weighted by molar-refractivity contribution is -0.129. The third-order valence-electron chi connectivity index (χ3n) is 3.67. The van der Waals surface area contributed by atoms with Gasteiger partial charge in [-0.3, -0.25) is 9.78 Å². The highest BCUT2D eigenvalue weighted by molar-refractivity contribution is 6.30. The number of benzene rings is 1. The van der Waals surface area contributed by atoms with Crippen LogP contribution in [0.1, 0.15) is 12.0 Å². The monoisotopic (exact) mass is 316 g/mol. The van der Waals surface area contributed by atoms with Gasteiger partial charge in [0.2, 0.25) is 5.91 Å². The van der Waals surface area contributed by atoms with Crippen molar-refractivity contribution in [2.24, 2.45) is 0 Å². The summed E-state index contributed by atoms with van der Waals surface area (Å²) in [4.78, 5) is 18.2. The highest BCUT2D eigenvalue weighted by atomic mass is 35.5. The second kappa shape index (κ2) is 6.79. The molecule has 1 amide bonds. The van der Waals surface area contributed by atoms with Crippen LogP contribution in [0.5, 0.6) is 5.75 Å². The van der Waals surface area contributed by atoms with Crippen LogP contribution in [-0.4, -0.2) is 35.0 Å². The number of aromatic nitrogens is 1. The summed E-state index contributed by atoms with van der Waals surface area (Å²) in [5.41, 5.74) is 0.937. The third-order valence-corrected chi connectivity index (χ3v) is 3.91. The molecule has 1 saturated heterocycles. The predicted molar refractivity (Wildman–Crippen MR) is 85.0 cm³/mol. The van der Waals surface area contributed by atoms with Crippen molar-refractivity contribution in [1.82, 2.24) is 9.88 Å². The largest absolute Gasteiger partial charge is 0.488 e. The molecule has 1 aliphatic heterocycles. The molecule has 1 fully saturated rings. The van der Waals surface area contributed by atoms with Crippen LogP contribution in [0, 0.1) is 0 Å². The van der Waals surface area contributed by atoms with E-state index in [2.05, 4.69) is 4.98 Å². The second-order valence-corrected chi connectivity index (χ2v) is 5.80. The van der Waals surface area contributed by atoms with Gasteiger partial charge in [0.05, 0.1) is 13.0 Å². The van der Waals surface area contributed by atoms with Crippen LogP contribution in [0.3, 0.4) is 0 Å². The number of hydrogen-bond acceptors (Lipinski definition) is 3. The van der Waals surface area contributed by atoms with Crippen molar-refractivity contribution >= 4 is 17.5 Å². The molecule has 0 radical (unpaired) electrons. The molecule has 4 nitrogen and oxygen atoms in total. The van der Waals surface area contributed by atoms with Gasteiger partial charge in [-0.15, -0.1) is 0 Å². The Morgan fingerprint density at radius 2 is 2.27 bits per heavy atom. The lowest BCUT2D eigenvalue weighted by atomic mass is 10.2. The fraction of sp³-hybridized carbons (Fsp3) is 0.294. The Bertz CT molecular complexity index is 648. The van der Waals surface area contributed by atoms with Gasteiger partial charge >= 0.3 is 0 Å². The van der Waals surface area contributed by atoms with Crippen molar-refractivity contribution in [3.05, 3.63) is 59.4 Å². The van der Waals surface area contributed by atoms with E-state index in [0.29, 0.717) is 18.0 Å². The minimum atomic E-state index is 0.0244. The van der Waals surface area contributed by atoms with Crippen molar-refractivity contribution < 1.29 is 9.53 Å². The first-order chi connectivity index (χ1) is 10.7. The number of amides is 1. The van der Waals surface area contributed by atoms with Crippen molar-refractivity contribution in [2.75, 3.05) is 13.1 Å². The smallest absolute Gasteiger partial charge is 0.227 e. The summed E-state index contributed by atoms with van der Waals surface area (Å²) in [7, 11) is 0. The van der Waals surface area contributed by atoms with Gasteiger partial charge in [0.1, 0.15) is 11.9 Å². The van der Waals surface area contributed by atoms with Gasteiger partial charge in [0, 0.05) is 30.4 Å². The quantitative estimate of drug-likeness (QED) is 0.871. The molecular weight excluding hydrogens is 300 g/mol. The zero-order valence-corrected chi connectivity index (χ0v) is 12.9. The molecule has 0 N–H and O–H groups in total. The topological polar surface area (TPSA) is 42.4 Å². The molecule has 1 aliphatic rings. The van der Waals surface area contributed by atoms with Gasteiger partial charge < -0.3 is 9.64 Å². The van der Waals surface area contributed by atoms with Gasteiger partial charge in [-0.25, -0.2) is 0 Å². The minimum Gasteiger partial charge on any atom is -0.488 e. The van der Waals surface area contributed by atoms with Crippen molar-refractivity contribution in [1.29, 1.82) is 0 Å². The van der Waals surface area contributed by atoms with E-state index in [4.69, 9.17) is 16.3 Å². The lowest BCUT2D eigenvalue weighted by Gasteiger charge is -2.17. The fourth-order valence-electron chi connectivity index (χ4n) is 2.57. The molecule has 1 atom stereocenters. The maximum Gasteiger partial charge on any atom is 0.227 e. The molecule has 1 unspecified atom stereocenters. The van der Waals surface area contributed by atoms with Crippen LogP contribution in [0.25, 0.3) is 0 Å². The van der Waals surface area contributed by atoms with E-state index in [1.54, 1.807) is 18.5 Å². The molecule has 1 aromatic carbocycles. The van der Waals surface area contributed by atoms with Crippen LogP contribution in [0.2, 0.25) is 5.02 Å². The first-order valence-electron chi connectivity index (χ1n) is 7.29. The van der Waals surface area contributed by atoms with Crippen molar-refractivity contribution in [3.63, 3.8) is 0 Å². The maximum atomic E-state index is 12.3. The number of carbonyl (C=O) groups excluding carboxylic acids is 1. The molecular formula is C17H17ClN2O2. The fourth-order valence-corrected chi connectivity index (χ4v) is 2.75. The highest BCUT2D eigenvalue weighted by Crippen LogP contribution is 2.22. The molecule has 2 aromatic rings. The molecule has 0 aliphatic carbocycles. The van der Waals surface area contributed by atoms with Gasteiger partial charge in [0.15, 0.2) is 0 Å². The van der Waals surface area contributed by atoms with E-state index < -0.39 is 0 Å². The third kappa shape index (κ3) is 3.77. The van der Waals surface area contributed by atoms with E-state index in [1.165, 1.54) is 0 Å². The van der Waals surface area contributed by atoms with Gasteiger partial charge in [-0.2, -0.15) is 0 Å². The van der Waals surface area contributed by atoms with Gasteiger partial charge in [0.25, 0.3) is 0 Å². The van der Waals surface area contributed by atoms with E-state index in [9.17, 15) is 4.79 Å². The molecule has 1 aromatic heterocycles. The summed E-state index contributed by atoms with van der Waals surface area (Å²) in [6.07, 6.45) is 4.69. The SMILES string of the molecule is O=C(Cc1cccnc1)N1CCC(Oc2cccc(Cl)c2)C1. The molecule has 3 rings (SSSR count). The second-order valence-electron chi connectivity index (χ2n) is 5.36. The van der Waals surface area contributed by atoms with Crippen LogP contribution in [0.4, 0.5) is 0 Å². The zero-order valence-electron chi connectivity index (χ0n) is 12.1. The number of hydrogen-bond donors (Lipinski definition) is 0. The first kappa shape index (κ1) is 14.9. The number of ether oxygens (including phenoxy) is 1. The molecule has 0 bridgehead atoms. The van der Waals surface area contributed by atoms with E-state index in [1.807, 2.05) is 35.2 Å². The lowest BCUT2D eigenvalue weighted by Crippen LogP contribution is -2.32. The number of halogens is 1. The normalized spacial score (nSPS) is 17.5. The summed E-state index contributed by atoms with van der Waals surface area (Å²) in [5, 5.41) is 0.653. The summed E-state index contributed by atoms with van der Waals surface area (Å²) < 4.78 is 5.90. The molecule has 0 spiro atoms. The van der Waals surface area contributed by atoms with Crippen LogP contribution in [-0.2, 0) is 11.2 Å². The summed E-state index contributed by atoms with van der Waals surface area (Å²) in [5.74, 6) is 0.865. The van der Waals surface area contributed by atoms with E-state index in [-0.39, 0.29) is 12.0 Å². The van der Waals surface area contributed by atoms with Crippen LogP contribution >= 0.6 is 11.6 Å². The Labute approximate surface area is 134 Å². The highest BCUT2D eigenvalue weighted by Gasteiger charge is 2.27. The summed E-state index contributed by atoms with van der Waals surface area (Å²) >= 11 is 5.95. The summed E-state index contributed by atoms with van der Waals surface area (Å²) in [6.45, 7) is 1.34. The average Bonchev–Trinajstić information content (AvgIpc) is 2.97. The standard InChI is InChI=1S/C17H17ClN2O2/c18-14-4-1-5-15(10-14)22-16-6-8-20(12-16)17(21)9-13-3-2-7-19-11-13/h1-5,7,10-11,16H,6,8-9,12H2. The van der Waals surface area contributed by atoms with Crippen LogP contribution in [0.15, 0.2) is 48.8 Å². The minimum absolute atomic E-state index is 0.0244. The van der Waals surface area contributed by atoms with Crippen molar-refractivity contribution in [3.8, 4) is 5.75 Å². The Balaban J connectivity index is 1.54. The molecule has 114 valence electrons. The molecule has 0 saturated carbocycles. The number of likely N-dealkylation sites (tertiary alicyclic amines) is 1. The predicted octanol–water partition coefficient (Wildman–Crippen LogP) is 2.96. The van der Waals surface area contributed by atoms with E-state index in [0.717, 1.165) is 24.3 Å². The number of pyridine rings is 1. The molecule has 5 heteroatoms. The Morgan fingerprint density at radius 1 is 1.36 bits per heavy atom. The zero-order chi connectivity index (χ0) is 15.4. The summed E-state index contributed by atoms with van der Waals surface area (Å²) in [6, 6.07) is 11.1. The van der Waals surface area contributed by atoms with Crippen molar-refractivity contribution in [2.45, 2.75) is 18.9 Å². The molecule has 22 heavy (non-hydrogen) atoms. The first-order valence-corrected chi connectivity index (χ1v) is 7.67. The van der Waals surface area contributed by atoms with E-state index >= 15 is 0 Å². The molecule has 2 heterocycles. The van der Waals surface area contributed by atoms with Crippen LogP contribution < -0.4 is 4.74 Å². The number of nitrogens with zero attached hydrogens (tertiary/aromatic N) is 2. The van der Waals surface area contributed by atoms with Gasteiger partial charge in [-0.05, 0) is 29.8 Å². The Kier molecular flexibility index (Phi) is 4.59.